The van der Waals surface area contributed by atoms with Crippen LogP contribution < -0.4 is 36.1 Å². The molecule has 6 aromatic rings. The minimum atomic E-state index is -3.97. The maximum absolute atomic E-state index is 12.9. The first kappa shape index (κ1) is 57.2. The summed E-state index contributed by atoms with van der Waals surface area (Å²) >= 11 is 4.95. The van der Waals surface area contributed by atoms with Gasteiger partial charge in [-0.05, 0) is 136 Å². The third-order valence-electron chi connectivity index (χ3n) is 12.3. The second-order valence-corrected chi connectivity index (χ2v) is 21.0. The van der Waals surface area contributed by atoms with Gasteiger partial charge in [0.25, 0.3) is 43.7 Å². The number of nitrogens with one attached hydrogen (secondary N) is 5. The van der Waals surface area contributed by atoms with Gasteiger partial charge in [-0.15, -0.1) is 0 Å². The molecule has 2 fully saturated rings. The van der Waals surface area contributed by atoms with E-state index in [1.54, 1.807) is 53.4 Å². The first-order valence-electron chi connectivity index (χ1n) is 23.1. The number of halogens is 1. The predicted molar refractivity (Wildman–Crippen MR) is 275 cm³/mol. The van der Waals surface area contributed by atoms with E-state index in [4.69, 9.17) is 16.3 Å². The van der Waals surface area contributed by atoms with Gasteiger partial charge in [-0.3, -0.25) is 19.2 Å². The van der Waals surface area contributed by atoms with Crippen LogP contribution in [-0.2, 0) is 41.1 Å². The molecule has 0 spiro atoms. The van der Waals surface area contributed by atoms with Crippen LogP contribution in [0.2, 0.25) is 0 Å². The Labute approximate surface area is 452 Å². The molecule has 5 N–H and O–H groups in total. The zero-order valence-corrected chi connectivity index (χ0v) is 45.6. The fourth-order valence-electron chi connectivity index (χ4n) is 8.39. The average Bonchev–Trinajstić information content (AvgIpc) is 4.09. The molecule has 0 unspecified atom stereocenters. The van der Waals surface area contributed by atoms with Crippen LogP contribution in [0.3, 0.4) is 0 Å². The number of anilines is 2. The van der Waals surface area contributed by atoms with Gasteiger partial charge in [0.15, 0.2) is 0 Å². The Morgan fingerprint density at radius 1 is 0.587 bits per heavy atom. The van der Waals surface area contributed by atoms with Crippen molar-refractivity contribution in [3.63, 3.8) is 0 Å². The molecule has 24 heteroatoms. The minimum Gasteiger partial charge on any atom is -0.415 e. The Kier molecular flexibility index (Phi) is 19.4. The molecule has 2 saturated heterocycles. The normalized spacial score (nSPS) is 16.0. The van der Waals surface area contributed by atoms with Crippen LogP contribution >= 0.6 is 11.6 Å². The van der Waals surface area contributed by atoms with Crippen molar-refractivity contribution in [2.24, 2.45) is 11.8 Å². The van der Waals surface area contributed by atoms with Gasteiger partial charge in [0.2, 0.25) is 0 Å². The van der Waals surface area contributed by atoms with Crippen molar-refractivity contribution in [1.29, 1.82) is 0 Å². The van der Waals surface area contributed by atoms with E-state index in [0.29, 0.717) is 62.0 Å². The molecule has 0 aliphatic carbocycles. The van der Waals surface area contributed by atoms with Crippen LogP contribution in [0.25, 0.3) is 0 Å². The molecule has 5 amide bonds. The third kappa shape index (κ3) is 13.8. The van der Waals surface area contributed by atoms with E-state index in [2.05, 4.69) is 31.3 Å². The minimum absolute atomic E-state index is 0. The van der Waals surface area contributed by atoms with Gasteiger partial charge in [-0.25, -0.2) is 34.4 Å². The Bertz CT molecular complexity index is 3270. The number of carbonyl (C=O) groups excluding carboxylic acids is 6. The number of nitrogens with zero attached hydrogens (tertiary/aromatic N) is 3. The molecule has 6 heterocycles. The smallest absolute Gasteiger partial charge is 0.415 e. The summed E-state index contributed by atoms with van der Waals surface area (Å²) < 4.78 is 63.3. The average molecular weight is 1250 g/mol. The molecule has 4 aliphatic heterocycles. The summed E-state index contributed by atoms with van der Waals surface area (Å²) in [5.74, 6) is -0.195. The topological polar surface area (TPSA) is 262 Å². The molecule has 4 aliphatic rings. The fourth-order valence-corrected chi connectivity index (χ4v) is 11.4. The third-order valence-corrected chi connectivity index (χ3v) is 15.8. The van der Waals surface area contributed by atoms with E-state index in [-0.39, 0.29) is 84.3 Å². The van der Waals surface area contributed by atoms with Crippen LogP contribution in [0.15, 0.2) is 144 Å². The molecular weight excluding hydrogens is 1200 g/mol. The Morgan fingerprint density at radius 2 is 1.01 bits per heavy atom. The van der Waals surface area contributed by atoms with Crippen molar-refractivity contribution in [1.82, 2.24) is 28.8 Å². The van der Waals surface area contributed by atoms with Crippen LogP contribution in [0, 0.1) is 19.3 Å². The number of benzene rings is 4. The van der Waals surface area contributed by atoms with Gasteiger partial charge in [-0.2, -0.15) is 0 Å². The number of likely N-dealkylation sites (tertiary alicyclic amines) is 1. The van der Waals surface area contributed by atoms with E-state index in [9.17, 15) is 45.6 Å². The van der Waals surface area contributed by atoms with Crippen molar-refractivity contribution in [2.75, 3.05) is 49.9 Å². The molecule has 394 valence electrons. The van der Waals surface area contributed by atoms with E-state index in [0.717, 1.165) is 33.9 Å². The molecular formula is C51H52ClN8O12S2W-. The summed E-state index contributed by atoms with van der Waals surface area (Å²) in [6, 6.07) is 31.7. The van der Waals surface area contributed by atoms with Crippen molar-refractivity contribution < 1.29 is 76.1 Å². The first-order chi connectivity index (χ1) is 35.1. The predicted octanol–water partition coefficient (Wildman–Crippen LogP) is 6.82. The van der Waals surface area contributed by atoms with Crippen LogP contribution in [-0.4, -0.2) is 104 Å². The van der Waals surface area contributed by atoms with Crippen LogP contribution in [0.4, 0.5) is 21.0 Å². The Balaban J connectivity index is 0.000000206. The second kappa shape index (κ2) is 25.4. The van der Waals surface area contributed by atoms with E-state index >= 15 is 0 Å². The molecule has 10 rings (SSSR count). The van der Waals surface area contributed by atoms with E-state index < -0.39 is 43.4 Å². The summed E-state index contributed by atoms with van der Waals surface area (Å²) in [4.78, 5) is 74.1. The monoisotopic (exact) mass is 1250 g/mol. The summed E-state index contributed by atoms with van der Waals surface area (Å²) in [5, 5.41) is 14.2. The van der Waals surface area contributed by atoms with Crippen molar-refractivity contribution in [3.05, 3.63) is 164 Å². The van der Waals surface area contributed by atoms with Crippen molar-refractivity contribution >= 4 is 78.2 Å². The van der Waals surface area contributed by atoms with Crippen LogP contribution in [0.5, 0.6) is 11.5 Å². The summed E-state index contributed by atoms with van der Waals surface area (Å²) in [6.07, 6.45) is 5.69. The summed E-state index contributed by atoms with van der Waals surface area (Å²) in [5.41, 5.74) is -0.0743. The Hall–Kier alpha value is -7.10. The van der Waals surface area contributed by atoms with E-state index in [1.165, 1.54) is 73.1 Å². The molecule has 0 atom stereocenters. The number of aromatic nitrogens is 2. The molecule has 2 aromatic heterocycles. The van der Waals surface area contributed by atoms with E-state index in [1.807, 2.05) is 12.1 Å². The quantitative estimate of drug-likeness (QED) is 0.0775. The fraction of sp³-hybridized carbons (Fsp3) is 0.235. The number of rotatable bonds is 8. The molecule has 0 radical (unpaired) electrons. The molecule has 4 aromatic carbocycles. The number of amides is 5. The first-order valence-corrected chi connectivity index (χ1v) is 26.3. The summed E-state index contributed by atoms with van der Waals surface area (Å²) in [7, 11) is -7.88. The zero-order valence-electron chi connectivity index (χ0n) is 40.3. The van der Waals surface area contributed by atoms with Crippen molar-refractivity contribution in [2.45, 2.75) is 35.5 Å². The number of hydrogen-bond donors (Lipinski definition) is 5. The maximum Gasteiger partial charge on any atom is 0.415 e. The maximum atomic E-state index is 12.9. The number of ether oxygens (including phenoxy) is 2. The molecule has 0 saturated carbocycles. The van der Waals surface area contributed by atoms with Gasteiger partial charge in [-0.1, -0.05) is 36.4 Å². The largest absolute Gasteiger partial charge is 0.415 e. The number of piperidine rings is 2. The number of carbonyl (C=O) groups is 6. The number of para-hydroxylation sites is 2. The SMILES string of the molecule is O=C(Cl)Oc1ccccc1.O=C(NCC1CCN(C(=O)Oc2ccccc2)CC1)c1ccc2c(c1)NC(=O)c1cccn1S2(=O)=O.O=C(NCC1CCNCC1)c1ccc2c(c1)NC(=O)c1cccn1S2(=O)=O.[CH3-].[W]. The van der Waals surface area contributed by atoms with Gasteiger partial charge in [0, 0.05) is 82.4 Å². The second-order valence-electron chi connectivity index (χ2n) is 17.1. The number of fused-ring (bicyclic) bond motifs is 4. The van der Waals surface area contributed by atoms with Crippen LogP contribution in [0.1, 0.15) is 67.4 Å². The summed E-state index contributed by atoms with van der Waals surface area (Å²) in [6.45, 7) is 3.93. The number of hydrogen-bond acceptors (Lipinski definition) is 13. The van der Waals surface area contributed by atoms with Gasteiger partial charge in [0.05, 0.1) is 11.4 Å². The molecule has 75 heavy (non-hydrogen) atoms. The van der Waals surface area contributed by atoms with Gasteiger partial charge < -0.3 is 48.4 Å². The zero-order chi connectivity index (χ0) is 51.7. The van der Waals surface area contributed by atoms with Gasteiger partial charge in [0.1, 0.15) is 32.7 Å². The molecule has 0 bridgehead atoms. The van der Waals surface area contributed by atoms with Gasteiger partial charge >= 0.3 is 11.5 Å². The Morgan fingerprint density at radius 3 is 1.45 bits per heavy atom. The molecule has 20 nitrogen and oxygen atoms in total. The standard InChI is InChI=1S/C25H24N4O6S.C18H20N4O4S.C7H5ClO2.CH3.W/c30-23(26-16-17-10-13-28(14-11-17)25(32)35-19-5-2-1-3-6-19)18-8-9-22-20(15-18)27-24(31)21-7-4-12-29(21)36(22,33)34;23-17(20-11-12-5-7-19-8-6-12)13-3-4-16-14(10-13)21-18(24)15-2-1-9-22(15)27(16,25)26;8-7(9)10-6-4-2-1-3-5-6;;/h1-9,12,15,17H,10-11,13-14,16H2,(H,26,30)(H,27,31);1-4,9-10,12,19H,5-8,11H2,(H,20,23)(H,21,24);1-5H;1H3;/q;;;-1;. The van der Waals surface area contributed by atoms with Crippen molar-refractivity contribution in [3.8, 4) is 11.5 Å².